The lowest BCUT2D eigenvalue weighted by molar-refractivity contribution is 0.138. The molecule has 3 aromatic carbocycles. The number of hydrogen-bond acceptors (Lipinski definition) is 4. The van der Waals surface area contributed by atoms with Gasteiger partial charge in [0, 0.05) is 10.9 Å². The van der Waals surface area contributed by atoms with E-state index in [2.05, 4.69) is 5.32 Å². The Morgan fingerprint density at radius 2 is 1.55 bits per heavy atom. The number of rotatable bonds is 7. The summed E-state index contributed by atoms with van der Waals surface area (Å²) in [5, 5.41) is 3.11. The van der Waals surface area contributed by atoms with E-state index in [1.54, 1.807) is 54.6 Å². The number of hydrogen-bond donors (Lipinski definition) is 1. The van der Waals surface area contributed by atoms with E-state index in [1.807, 2.05) is 30.3 Å². The monoisotopic (exact) mass is 429 g/mol. The number of alkyl carbamates (subject to hydrolysis) is 1. The molecule has 1 amide bonds. The number of methoxy groups -OCH3 is 1. The van der Waals surface area contributed by atoms with Crippen molar-refractivity contribution >= 4 is 29.1 Å². The maximum atomic E-state index is 13.6. The Morgan fingerprint density at radius 1 is 0.966 bits per heavy atom. The molecule has 2 atom stereocenters. The zero-order chi connectivity index (χ0) is 20.7. The number of nitrogens with one attached hydrogen (secondary N) is 1. The molecule has 0 aliphatic rings. The Bertz CT molecular complexity index is 998. The van der Waals surface area contributed by atoms with Gasteiger partial charge in [0.25, 0.3) is 0 Å². The van der Waals surface area contributed by atoms with Crippen LogP contribution in [0.15, 0.2) is 84.9 Å². The van der Waals surface area contributed by atoms with Gasteiger partial charge < -0.3 is 14.8 Å². The van der Waals surface area contributed by atoms with Gasteiger partial charge in [0.1, 0.15) is 18.1 Å². The van der Waals surface area contributed by atoms with Crippen LogP contribution in [0.2, 0.25) is 0 Å². The fourth-order valence-electron chi connectivity index (χ4n) is 2.89. The molecule has 0 bridgehead atoms. The number of carbonyl (C=O) groups excluding carboxylic acids is 1. The van der Waals surface area contributed by atoms with Gasteiger partial charge in [-0.25, -0.2) is 4.79 Å². The molecule has 3 aromatic rings. The number of carbonyl (C=O) groups is 1. The van der Waals surface area contributed by atoms with Crippen LogP contribution in [0.1, 0.15) is 16.9 Å². The van der Waals surface area contributed by atoms with Crippen LogP contribution in [0.3, 0.4) is 0 Å². The van der Waals surface area contributed by atoms with Crippen molar-refractivity contribution in [1.82, 2.24) is 5.32 Å². The second kappa shape index (κ2) is 9.64. The van der Waals surface area contributed by atoms with Gasteiger partial charge in [-0.05, 0) is 22.9 Å². The van der Waals surface area contributed by atoms with Crippen molar-refractivity contribution in [3.63, 3.8) is 0 Å². The van der Waals surface area contributed by atoms with Crippen LogP contribution in [0.4, 0.5) is 4.79 Å². The van der Waals surface area contributed by atoms with Crippen LogP contribution in [0.25, 0.3) is 0 Å². The molecule has 150 valence electrons. The standard InChI is InChI=1S/C22H21ClNO4P/c1-27-20-15-9-8-14-19(20)21(29(23,26)18-12-6-3-7-13-18)24-22(25)28-16-17-10-4-2-5-11-17/h2-15,21H,16H2,1H3,(H,24,25). The molecule has 7 heteroatoms. The van der Waals surface area contributed by atoms with Crippen molar-refractivity contribution in [2.75, 3.05) is 7.11 Å². The quantitative estimate of drug-likeness (QED) is 0.506. The first-order valence-electron chi connectivity index (χ1n) is 8.97. The van der Waals surface area contributed by atoms with Gasteiger partial charge in [0.15, 0.2) is 0 Å². The van der Waals surface area contributed by atoms with Gasteiger partial charge in [-0.1, -0.05) is 78.9 Å². The molecular formula is C22H21ClNO4P. The van der Waals surface area contributed by atoms with Crippen molar-refractivity contribution in [2.45, 2.75) is 12.4 Å². The normalized spacial score (nSPS) is 13.7. The maximum absolute atomic E-state index is 13.6. The molecule has 0 aliphatic carbocycles. The summed E-state index contributed by atoms with van der Waals surface area (Å²) in [5.41, 5.74) is 1.35. The molecule has 2 unspecified atom stereocenters. The van der Waals surface area contributed by atoms with Crippen LogP contribution in [-0.4, -0.2) is 13.2 Å². The number of para-hydroxylation sites is 1. The van der Waals surface area contributed by atoms with Crippen molar-refractivity contribution in [3.05, 3.63) is 96.1 Å². The largest absolute Gasteiger partial charge is 0.496 e. The third-order valence-corrected chi connectivity index (χ3v) is 7.59. The number of benzene rings is 3. The molecule has 0 fully saturated rings. The minimum absolute atomic E-state index is 0.0865. The van der Waals surface area contributed by atoms with Crippen molar-refractivity contribution in [3.8, 4) is 5.75 Å². The minimum Gasteiger partial charge on any atom is -0.496 e. The van der Waals surface area contributed by atoms with Crippen LogP contribution < -0.4 is 15.4 Å². The highest BCUT2D eigenvalue weighted by Crippen LogP contribution is 2.62. The number of halogens is 1. The van der Waals surface area contributed by atoms with Crippen LogP contribution in [0.5, 0.6) is 5.75 Å². The molecule has 0 radical (unpaired) electrons. The first-order chi connectivity index (χ1) is 14.0. The summed E-state index contributed by atoms with van der Waals surface area (Å²) in [5.74, 6) is -0.552. The van der Waals surface area contributed by atoms with Gasteiger partial charge in [0.05, 0.1) is 7.11 Å². The van der Waals surface area contributed by atoms with E-state index < -0.39 is 18.4 Å². The minimum atomic E-state index is -3.59. The SMILES string of the molecule is COc1ccccc1C(NC(=O)OCc1ccccc1)P(=O)(Cl)c1ccccc1. The number of amides is 1. The van der Waals surface area contributed by atoms with Gasteiger partial charge in [-0.15, -0.1) is 0 Å². The summed E-state index contributed by atoms with van der Waals surface area (Å²) in [6.07, 6.45) is -0.721. The van der Waals surface area contributed by atoms with E-state index in [4.69, 9.17) is 20.7 Å². The molecule has 0 saturated carbocycles. The highest BCUT2D eigenvalue weighted by molar-refractivity contribution is 7.95. The third kappa shape index (κ3) is 5.20. The van der Waals surface area contributed by atoms with Gasteiger partial charge in [-0.2, -0.15) is 0 Å². The Morgan fingerprint density at radius 3 is 2.21 bits per heavy atom. The summed E-state index contributed by atoms with van der Waals surface area (Å²) in [6, 6.07) is 24.9. The maximum Gasteiger partial charge on any atom is 0.408 e. The predicted octanol–water partition coefficient (Wildman–Crippen LogP) is 5.46. The van der Waals surface area contributed by atoms with E-state index in [9.17, 15) is 9.36 Å². The average molecular weight is 430 g/mol. The topological polar surface area (TPSA) is 64.6 Å². The number of ether oxygens (including phenoxy) is 2. The molecule has 0 spiro atoms. The second-order valence-electron chi connectivity index (χ2n) is 6.26. The lowest BCUT2D eigenvalue weighted by Gasteiger charge is -2.25. The van der Waals surface area contributed by atoms with Crippen LogP contribution in [-0.2, 0) is 15.9 Å². The van der Waals surface area contributed by atoms with Gasteiger partial charge >= 0.3 is 6.09 Å². The highest BCUT2D eigenvalue weighted by Gasteiger charge is 2.37. The first kappa shape index (κ1) is 21.0. The highest BCUT2D eigenvalue weighted by atomic mass is 35.7. The predicted molar refractivity (Wildman–Crippen MR) is 115 cm³/mol. The molecule has 5 nitrogen and oxygen atoms in total. The van der Waals surface area contributed by atoms with Crippen molar-refractivity contribution < 1.29 is 18.8 Å². The van der Waals surface area contributed by atoms with Crippen molar-refractivity contribution in [1.29, 1.82) is 0 Å². The summed E-state index contributed by atoms with van der Waals surface area (Å²) in [4.78, 5) is 12.5. The third-order valence-electron chi connectivity index (χ3n) is 4.34. The molecule has 29 heavy (non-hydrogen) atoms. The molecule has 0 heterocycles. The Hall–Kier alpha value is -2.75. The van der Waals surface area contributed by atoms with Crippen LogP contribution >= 0.6 is 17.7 Å². The summed E-state index contributed by atoms with van der Waals surface area (Å²) >= 11 is 6.58. The smallest absolute Gasteiger partial charge is 0.408 e. The lowest BCUT2D eigenvalue weighted by atomic mass is 10.2. The lowest BCUT2D eigenvalue weighted by Crippen LogP contribution is -2.30. The first-order valence-corrected chi connectivity index (χ1v) is 11.7. The molecule has 3 rings (SSSR count). The van der Waals surface area contributed by atoms with Crippen LogP contribution in [0, 0.1) is 0 Å². The molecule has 1 N–H and O–H groups in total. The second-order valence-corrected chi connectivity index (χ2v) is 9.96. The fourth-order valence-corrected chi connectivity index (χ4v) is 5.41. The van der Waals surface area contributed by atoms with E-state index in [-0.39, 0.29) is 6.61 Å². The zero-order valence-corrected chi connectivity index (χ0v) is 17.5. The molecule has 0 aliphatic heterocycles. The molecular weight excluding hydrogens is 409 g/mol. The van der Waals surface area contributed by atoms with E-state index in [1.165, 1.54) is 7.11 Å². The van der Waals surface area contributed by atoms with E-state index >= 15 is 0 Å². The van der Waals surface area contributed by atoms with Crippen molar-refractivity contribution in [2.24, 2.45) is 0 Å². The summed E-state index contributed by atoms with van der Waals surface area (Å²) in [7, 11) is 1.51. The summed E-state index contributed by atoms with van der Waals surface area (Å²) in [6.45, 7) is -3.50. The van der Waals surface area contributed by atoms with E-state index in [0.29, 0.717) is 16.6 Å². The molecule has 0 aromatic heterocycles. The Balaban J connectivity index is 1.89. The van der Waals surface area contributed by atoms with Gasteiger partial charge in [0.2, 0.25) is 6.49 Å². The summed E-state index contributed by atoms with van der Waals surface area (Å²) < 4.78 is 24.3. The van der Waals surface area contributed by atoms with E-state index in [0.717, 1.165) is 5.56 Å². The Labute approximate surface area is 174 Å². The average Bonchev–Trinajstić information content (AvgIpc) is 2.77. The van der Waals surface area contributed by atoms with Gasteiger partial charge in [-0.3, -0.25) is 4.57 Å². The molecule has 0 saturated heterocycles. The Kier molecular flexibility index (Phi) is 6.97. The zero-order valence-electron chi connectivity index (χ0n) is 15.8. The fraction of sp³-hybridized carbons (Fsp3) is 0.136.